The van der Waals surface area contributed by atoms with Crippen LogP contribution in [0.2, 0.25) is 0 Å². The highest BCUT2D eigenvalue weighted by atomic mass is 19.1. The van der Waals surface area contributed by atoms with Crippen LogP contribution in [0.15, 0.2) is 18.2 Å². The van der Waals surface area contributed by atoms with Gasteiger partial charge >= 0.3 is 0 Å². The molecule has 0 saturated heterocycles. The number of nitrogens with one attached hydrogen (secondary N) is 1. The first-order valence-corrected chi connectivity index (χ1v) is 4.83. The molecule has 0 radical (unpaired) electrons. The Kier molecular flexibility index (Phi) is 3.49. The summed E-state index contributed by atoms with van der Waals surface area (Å²) in [6.45, 7) is 4.87. The molecule has 5 heteroatoms. The van der Waals surface area contributed by atoms with E-state index in [4.69, 9.17) is 10.6 Å². The van der Waals surface area contributed by atoms with E-state index >= 15 is 0 Å². The normalized spacial score (nSPS) is 11.1. The highest BCUT2D eigenvalue weighted by Gasteiger charge is 2.29. The molecule has 0 atom stereocenters. The van der Waals surface area contributed by atoms with E-state index in [-0.39, 0.29) is 5.82 Å². The molecule has 0 aliphatic carbocycles. The molecular formula is C11H15FN2O2. The van der Waals surface area contributed by atoms with Gasteiger partial charge in [0.2, 0.25) is 0 Å². The standard InChI is InChI=1S/C11H15FN2O2/c1-7-6-8(12)4-5-9(7)16-11(2,3)10(15)14-13/h4-6H,13H2,1-3H3,(H,14,15). The van der Waals surface area contributed by atoms with Crippen LogP contribution < -0.4 is 16.0 Å². The van der Waals surface area contributed by atoms with E-state index in [2.05, 4.69) is 0 Å². The summed E-state index contributed by atoms with van der Waals surface area (Å²) in [4.78, 5) is 11.4. The Balaban J connectivity index is 2.92. The van der Waals surface area contributed by atoms with Gasteiger partial charge in [-0.25, -0.2) is 10.2 Å². The first kappa shape index (κ1) is 12.4. The van der Waals surface area contributed by atoms with Crippen LogP contribution in [0.25, 0.3) is 0 Å². The van der Waals surface area contributed by atoms with Crippen LogP contribution in [0, 0.1) is 12.7 Å². The second-order valence-corrected chi connectivity index (χ2v) is 4.00. The van der Waals surface area contributed by atoms with Crippen LogP contribution in [0.4, 0.5) is 4.39 Å². The number of carbonyl (C=O) groups excluding carboxylic acids is 1. The van der Waals surface area contributed by atoms with Crippen molar-refractivity contribution in [2.75, 3.05) is 0 Å². The molecule has 1 rings (SSSR count). The molecule has 1 aromatic rings. The van der Waals surface area contributed by atoms with E-state index in [0.717, 1.165) is 0 Å². The van der Waals surface area contributed by atoms with Crippen LogP contribution >= 0.6 is 0 Å². The lowest BCUT2D eigenvalue weighted by atomic mass is 10.1. The minimum atomic E-state index is -1.10. The van der Waals surface area contributed by atoms with Gasteiger partial charge in [-0.2, -0.15) is 0 Å². The fourth-order valence-corrected chi connectivity index (χ4v) is 1.22. The summed E-state index contributed by atoms with van der Waals surface area (Å²) >= 11 is 0. The largest absolute Gasteiger partial charge is 0.478 e. The Morgan fingerprint density at radius 2 is 2.12 bits per heavy atom. The molecule has 4 nitrogen and oxygen atoms in total. The number of benzene rings is 1. The lowest BCUT2D eigenvalue weighted by Gasteiger charge is -2.25. The van der Waals surface area contributed by atoms with Gasteiger partial charge in [0.05, 0.1) is 0 Å². The topological polar surface area (TPSA) is 64.3 Å². The predicted octanol–water partition coefficient (Wildman–Crippen LogP) is 1.28. The van der Waals surface area contributed by atoms with Crippen LogP contribution in [-0.4, -0.2) is 11.5 Å². The fourth-order valence-electron chi connectivity index (χ4n) is 1.22. The van der Waals surface area contributed by atoms with Crippen molar-refractivity contribution >= 4 is 5.91 Å². The molecule has 0 heterocycles. The molecule has 0 bridgehead atoms. The second kappa shape index (κ2) is 4.49. The van der Waals surface area contributed by atoms with Crippen LogP contribution in [0.1, 0.15) is 19.4 Å². The highest BCUT2D eigenvalue weighted by Crippen LogP contribution is 2.23. The summed E-state index contributed by atoms with van der Waals surface area (Å²) in [7, 11) is 0. The molecule has 0 aliphatic rings. The smallest absolute Gasteiger partial charge is 0.277 e. The number of ether oxygens (including phenoxy) is 1. The van der Waals surface area contributed by atoms with E-state index in [1.165, 1.54) is 18.2 Å². The van der Waals surface area contributed by atoms with Crippen molar-refractivity contribution in [2.24, 2.45) is 5.84 Å². The summed E-state index contributed by atoms with van der Waals surface area (Å²) < 4.78 is 18.3. The van der Waals surface area contributed by atoms with Crippen molar-refractivity contribution in [2.45, 2.75) is 26.4 Å². The number of hydrogen-bond acceptors (Lipinski definition) is 3. The third-order valence-electron chi connectivity index (χ3n) is 2.18. The highest BCUT2D eigenvalue weighted by molar-refractivity contribution is 5.84. The molecule has 0 fully saturated rings. The first-order chi connectivity index (χ1) is 7.36. The Bertz CT molecular complexity index is 405. The van der Waals surface area contributed by atoms with Crippen molar-refractivity contribution < 1.29 is 13.9 Å². The first-order valence-electron chi connectivity index (χ1n) is 4.83. The number of hydrazine groups is 1. The quantitative estimate of drug-likeness (QED) is 0.463. The van der Waals surface area contributed by atoms with Crippen LogP contribution in [0.3, 0.4) is 0 Å². The Labute approximate surface area is 93.6 Å². The summed E-state index contributed by atoms with van der Waals surface area (Å²) in [5.41, 5.74) is 1.54. The Hall–Kier alpha value is -1.62. The summed E-state index contributed by atoms with van der Waals surface area (Å²) in [6.07, 6.45) is 0. The number of rotatable bonds is 3. The molecule has 0 aromatic heterocycles. The maximum Gasteiger partial charge on any atom is 0.277 e. The molecule has 88 valence electrons. The van der Waals surface area contributed by atoms with Crippen molar-refractivity contribution in [3.63, 3.8) is 0 Å². The van der Waals surface area contributed by atoms with Crippen molar-refractivity contribution in [3.05, 3.63) is 29.6 Å². The van der Waals surface area contributed by atoms with E-state index < -0.39 is 11.5 Å². The fraction of sp³-hybridized carbons (Fsp3) is 0.364. The minimum Gasteiger partial charge on any atom is -0.478 e. The summed E-state index contributed by atoms with van der Waals surface area (Å²) in [5.74, 6) is 4.70. The molecule has 16 heavy (non-hydrogen) atoms. The molecular weight excluding hydrogens is 211 g/mol. The predicted molar refractivity (Wildman–Crippen MR) is 58.2 cm³/mol. The van der Waals surface area contributed by atoms with Crippen LogP contribution in [0.5, 0.6) is 5.75 Å². The third kappa shape index (κ3) is 2.70. The lowest BCUT2D eigenvalue weighted by Crippen LogP contribution is -2.49. The average Bonchev–Trinajstić information content (AvgIpc) is 2.21. The van der Waals surface area contributed by atoms with Crippen molar-refractivity contribution in [1.29, 1.82) is 0 Å². The van der Waals surface area contributed by atoms with E-state index in [1.54, 1.807) is 20.8 Å². The zero-order valence-corrected chi connectivity index (χ0v) is 9.50. The monoisotopic (exact) mass is 226 g/mol. The van der Waals surface area contributed by atoms with Gasteiger partial charge in [-0.05, 0) is 44.5 Å². The van der Waals surface area contributed by atoms with E-state index in [0.29, 0.717) is 11.3 Å². The number of halogens is 1. The molecule has 0 unspecified atom stereocenters. The summed E-state index contributed by atoms with van der Waals surface area (Å²) in [6, 6.07) is 4.10. The molecule has 0 spiro atoms. The van der Waals surface area contributed by atoms with Gasteiger partial charge in [-0.1, -0.05) is 0 Å². The Morgan fingerprint density at radius 3 is 2.62 bits per heavy atom. The SMILES string of the molecule is Cc1cc(F)ccc1OC(C)(C)C(=O)NN. The lowest BCUT2D eigenvalue weighted by molar-refractivity contribution is -0.134. The van der Waals surface area contributed by atoms with Gasteiger partial charge in [-0.15, -0.1) is 0 Å². The maximum absolute atomic E-state index is 12.9. The Morgan fingerprint density at radius 1 is 1.50 bits per heavy atom. The van der Waals surface area contributed by atoms with Gasteiger partial charge in [0.25, 0.3) is 5.91 Å². The van der Waals surface area contributed by atoms with Gasteiger partial charge in [-0.3, -0.25) is 10.2 Å². The second-order valence-electron chi connectivity index (χ2n) is 4.00. The number of aryl methyl sites for hydroxylation is 1. The zero-order chi connectivity index (χ0) is 12.3. The minimum absolute atomic E-state index is 0.342. The van der Waals surface area contributed by atoms with E-state index in [9.17, 15) is 9.18 Å². The number of amides is 1. The van der Waals surface area contributed by atoms with Gasteiger partial charge < -0.3 is 4.74 Å². The van der Waals surface area contributed by atoms with Gasteiger partial charge in [0.1, 0.15) is 11.6 Å². The van der Waals surface area contributed by atoms with Crippen LogP contribution in [-0.2, 0) is 4.79 Å². The number of nitrogens with two attached hydrogens (primary N) is 1. The van der Waals surface area contributed by atoms with Gasteiger partial charge in [0.15, 0.2) is 5.60 Å². The van der Waals surface area contributed by atoms with Gasteiger partial charge in [0, 0.05) is 0 Å². The third-order valence-corrected chi connectivity index (χ3v) is 2.18. The maximum atomic E-state index is 12.9. The zero-order valence-electron chi connectivity index (χ0n) is 9.50. The number of hydrogen-bond donors (Lipinski definition) is 2. The molecule has 3 N–H and O–H groups in total. The van der Waals surface area contributed by atoms with Crippen molar-refractivity contribution in [1.82, 2.24) is 5.43 Å². The molecule has 1 amide bonds. The number of carbonyl (C=O) groups is 1. The van der Waals surface area contributed by atoms with E-state index in [1.807, 2.05) is 5.43 Å². The molecule has 0 aliphatic heterocycles. The molecule has 1 aromatic carbocycles. The average molecular weight is 226 g/mol. The molecule has 0 saturated carbocycles. The van der Waals surface area contributed by atoms with Crippen molar-refractivity contribution in [3.8, 4) is 5.75 Å². The summed E-state index contributed by atoms with van der Waals surface area (Å²) in [5, 5.41) is 0.